The number of nitrogens with one attached hydrogen (secondary N) is 1. The molecule has 0 saturated heterocycles. The van der Waals surface area contributed by atoms with Crippen molar-refractivity contribution in [3.8, 4) is 11.4 Å². The van der Waals surface area contributed by atoms with Crippen LogP contribution in [0.25, 0.3) is 11.3 Å². The lowest BCUT2D eigenvalue weighted by molar-refractivity contribution is 0.0638. The third kappa shape index (κ3) is 5.50. The second kappa shape index (κ2) is 10.5. The van der Waals surface area contributed by atoms with Gasteiger partial charge in [-0.1, -0.05) is 0 Å². The molecule has 0 fully saturated rings. The van der Waals surface area contributed by atoms with Crippen LogP contribution in [0, 0.1) is 6.92 Å². The molecule has 0 amide bonds. The topological polar surface area (TPSA) is 65.6 Å². The summed E-state index contributed by atoms with van der Waals surface area (Å²) in [5, 5.41) is 3.45. The van der Waals surface area contributed by atoms with Gasteiger partial charge in [-0.25, -0.2) is 9.97 Å². The van der Waals surface area contributed by atoms with E-state index in [9.17, 15) is 0 Å². The molecule has 1 aromatic carbocycles. The van der Waals surface area contributed by atoms with Crippen molar-refractivity contribution in [3.63, 3.8) is 0 Å². The number of imidazole rings is 2. The minimum absolute atomic E-state index is 0. The number of aryl methyl sites for hydroxylation is 1. The van der Waals surface area contributed by atoms with E-state index in [4.69, 9.17) is 14.5 Å². The second-order valence-electron chi connectivity index (χ2n) is 7.18. The van der Waals surface area contributed by atoms with Gasteiger partial charge in [0.1, 0.15) is 5.75 Å². The molecule has 0 saturated carbocycles. The second-order valence-corrected chi connectivity index (χ2v) is 7.18. The van der Waals surface area contributed by atoms with Gasteiger partial charge in [-0.15, -0.1) is 24.8 Å². The maximum Gasteiger partial charge on any atom is 0.160 e. The predicted molar refractivity (Wildman–Crippen MR) is 128 cm³/mol. The van der Waals surface area contributed by atoms with Gasteiger partial charge in [-0.2, -0.15) is 0 Å². The maximum absolute atomic E-state index is 5.68. The number of ether oxygens (including phenoxy) is 2. The highest BCUT2D eigenvalue weighted by molar-refractivity contribution is 5.85. The Morgan fingerprint density at radius 1 is 1.13 bits per heavy atom. The highest BCUT2D eigenvalue weighted by Gasteiger charge is 2.11. The number of methoxy groups -OCH3 is 1. The van der Waals surface area contributed by atoms with Gasteiger partial charge in [0.15, 0.2) is 5.65 Å². The summed E-state index contributed by atoms with van der Waals surface area (Å²) in [4.78, 5) is 9.01. The van der Waals surface area contributed by atoms with Gasteiger partial charge in [-0.05, 0) is 45.0 Å². The molecule has 166 valence electrons. The highest BCUT2D eigenvalue weighted by atomic mass is 35.5. The summed E-state index contributed by atoms with van der Waals surface area (Å²) in [5.74, 6) is 0.758. The fraction of sp³-hybridized carbons (Fsp3) is 0.273. The molecule has 31 heavy (non-hydrogen) atoms. The molecular weight excluding hydrogens is 437 g/mol. The Balaban J connectivity index is 0.00000171. The molecule has 7 nitrogen and oxygen atoms in total. The van der Waals surface area contributed by atoms with E-state index in [1.165, 1.54) is 0 Å². The minimum Gasteiger partial charge on any atom is -0.494 e. The average molecular weight is 464 g/mol. The fourth-order valence-electron chi connectivity index (χ4n) is 3.16. The van der Waals surface area contributed by atoms with Crippen LogP contribution in [0.2, 0.25) is 0 Å². The predicted octanol–water partition coefficient (Wildman–Crippen LogP) is 5.35. The summed E-state index contributed by atoms with van der Waals surface area (Å²) in [5.41, 5.74) is 5.47. The molecular formula is C22H27Cl2N5O2. The van der Waals surface area contributed by atoms with Crippen molar-refractivity contribution in [1.29, 1.82) is 0 Å². The van der Waals surface area contributed by atoms with Crippen molar-refractivity contribution < 1.29 is 9.47 Å². The number of halogens is 2. The van der Waals surface area contributed by atoms with E-state index in [1.807, 2.05) is 78.7 Å². The zero-order valence-electron chi connectivity index (χ0n) is 17.9. The lowest BCUT2D eigenvalue weighted by atomic mass is 10.2. The van der Waals surface area contributed by atoms with Crippen molar-refractivity contribution in [2.75, 3.05) is 12.4 Å². The highest BCUT2D eigenvalue weighted by Crippen LogP contribution is 2.29. The molecule has 9 heteroatoms. The fourth-order valence-corrected chi connectivity index (χ4v) is 3.16. The zero-order valence-corrected chi connectivity index (χ0v) is 19.5. The zero-order chi connectivity index (χ0) is 20.4. The van der Waals surface area contributed by atoms with Crippen LogP contribution in [0.4, 0.5) is 11.4 Å². The van der Waals surface area contributed by atoms with Crippen LogP contribution in [0.15, 0.2) is 55.2 Å². The quantitative estimate of drug-likeness (QED) is 0.400. The Labute approximate surface area is 194 Å². The lowest BCUT2D eigenvalue weighted by Crippen LogP contribution is -2.02. The van der Waals surface area contributed by atoms with Crippen molar-refractivity contribution in [1.82, 2.24) is 18.9 Å². The maximum atomic E-state index is 5.68. The lowest BCUT2D eigenvalue weighted by Gasteiger charge is -2.13. The number of aromatic nitrogens is 4. The first kappa shape index (κ1) is 24.5. The molecule has 0 spiro atoms. The number of pyridine rings is 1. The van der Waals surface area contributed by atoms with E-state index >= 15 is 0 Å². The molecule has 3 aromatic heterocycles. The van der Waals surface area contributed by atoms with Crippen molar-refractivity contribution in [3.05, 3.63) is 66.6 Å². The molecule has 0 aliphatic heterocycles. The molecule has 0 atom stereocenters. The monoisotopic (exact) mass is 463 g/mol. The molecule has 4 aromatic rings. The molecule has 0 aliphatic carbocycles. The summed E-state index contributed by atoms with van der Waals surface area (Å²) in [6.07, 6.45) is 7.90. The van der Waals surface area contributed by atoms with Gasteiger partial charge in [0.2, 0.25) is 0 Å². The number of nitrogens with zero attached hydrogens (tertiary/aromatic N) is 4. The number of fused-ring (bicyclic) bond motifs is 1. The number of hydrogen-bond donors (Lipinski definition) is 1. The van der Waals surface area contributed by atoms with Gasteiger partial charge < -0.3 is 23.8 Å². The first-order chi connectivity index (χ1) is 14.0. The molecule has 4 rings (SSSR count). The third-order valence-electron chi connectivity index (χ3n) is 4.55. The van der Waals surface area contributed by atoms with Crippen molar-refractivity contribution >= 4 is 41.8 Å². The Kier molecular flexibility index (Phi) is 8.33. The van der Waals surface area contributed by atoms with Crippen LogP contribution in [0.1, 0.15) is 25.2 Å². The van der Waals surface area contributed by atoms with E-state index in [0.717, 1.165) is 39.8 Å². The first-order valence-corrected chi connectivity index (χ1v) is 9.57. The van der Waals surface area contributed by atoms with Crippen LogP contribution >= 0.6 is 24.8 Å². The Morgan fingerprint density at radius 3 is 2.61 bits per heavy atom. The summed E-state index contributed by atoms with van der Waals surface area (Å²) < 4.78 is 15.2. The van der Waals surface area contributed by atoms with Crippen molar-refractivity contribution in [2.45, 2.75) is 33.5 Å². The number of hydrogen-bond acceptors (Lipinski definition) is 5. The van der Waals surface area contributed by atoms with Gasteiger partial charge in [0, 0.05) is 30.3 Å². The standard InChI is InChI=1S/C22H25N5O2.2ClH/c1-15(2)29-13-18-12-26-9-5-6-19(22(26)25-18)24-17-7-8-20(21(10-17)28-4)27-11-16(3)23-14-27;;/h5-12,14-15,24H,13H2,1-4H3;2*1H. The molecule has 0 bridgehead atoms. The molecule has 1 N–H and O–H groups in total. The number of benzene rings is 1. The van der Waals surface area contributed by atoms with E-state index < -0.39 is 0 Å². The molecule has 0 radical (unpaired) electrons. The molecule has 3 heterocycles. The van der Waals surface area contributed by atoms with E-state index in [0.29, 0.717) is 6.61 Å². The summed E-state index contributed by atoms with van der Waals surface area (Å²) in [6.45, 7) is 6.49. The van der Waals surface area contributed by atoms with Crippen molar-refractivity contribution in [2.24, 2.45) is 0 Å². The smallest absolute Gasteiger partial charge is 0.160 e. The largest absolute Gasteiger partial charge is 0.494 e. The number of rotatable bonds is 7. The average Bonchev–Trinajstić information content (AvgIpc) is 3.33. The van der Waals surface area contributed by atoms with Crippen LogP contribution < -0.4 is 10.1 Å². The summed E-state index contributed by atoms with van der Waals surface area (Å²) in [6, 6.07) is 10.00. The first-order valence-electron chi connectivity index (χ1n) is 9.57. The minimum atomic E-state index is 0. The molecule has 0 aliphatic rings. The Hall–Kier alpha value is -2.74. The van der Waals surface area contributed by atoms with Gasteiger partial charge >= 0.3 is 0 Å². The number of anilines is 2. The SMILES string of the molecule is COc1cc(Nc2cccn3cc(COC(C)C)nc23)ccc1-n1cnc(C)c1.Cl.Cl. The molecule has 0 unspecified atom stereocenters. The van der Waals surface area contributed by atoms with E-state index in [2.05, 4.69) is 10.3 Å². The third-order valence-corrected chi connectivity index (χ3v) is 4.55. The van der Waals surface area contributed by atoms with Crippen LogP contribution in [-0.2, 0) is 11.3 Å². The normalized spacial score (nSPS) is 10.6. The Bertz CT molecular complexity index is 1140. The summed E-state index contributed by atoms with van der Waals surface area (Å²) >= 11 is 0. The summed E-state index contributed by atoms with van der Waals surface area (Å²) in [7, 11) is 1.67. The van der Waals surface area contributed by atoms with Crippen LogP contribution in [-0.4, -0.2) is 32.1 Å². The van der Waals surface area contributed by atoms with E-state index in [1.54, 1.807) is 13.4 Å². The van der Waals surface area contributed by atoms with Gasteiger partial charge in [0.25, 0.3) is 0 Å². The van der Waals surface area contributed by atoms with Crippen LogP contribution in [0.3, 0.4) is 0 Å². The van der Waals surface area contributed by atoms with E-state index in [-0.39, 0.29) is 30.9 Å². The van der Waals surface area contributed by atoms with Crippen LogP contribution in [0.5, 0.6) is 5.75 Å². The van der Waals surface area contributed by atoms with Gasteiger partial charge in [0.05, 0.1) is 48.9 Å². The van der Waals surface area contributed by atoms with Gasteiger partial charge in [-0.3, -0.25) is 0 Å². The Morgan fingerprint density at radius 2 is 1.94 bits per heavy atom.